The molecular formula is C25H25ClF3N3O4. The molecule has 3 N–H and O–H groups in total. The molecule has 3 aromatic rings. The van der Waals surface area contributed by atoms with E-state index in [1.807, 2.05) is 0 Å². The van der Waals surface area contributed by atoms with E-state index in [1.54, 1.807) is 36.4 Å². The Morgan fingerprint density at radius 2 is 1.78 bits per heavy atom. The van der Waals surface area contributed by atoms with Gasteiger partial charge in [0.25, 0.3) is 11.5 Å². The van der Waals surface area contributed by atoms with Crippen LogP contribution in [0.3, 0.4) is 0 Å². The average Bonchev–Trinajstić information content (AvgIpc) is 2.84. The summed E-state index contributed by atoms with van der Waals surface area (Å²) in [5.74, 6) is -0.342. The number of rotatable bonds is 10. The predicted octanol–water partition coefficient (Wildman–Crippen LogP) is 3.58. The van der Waals surface area contributed by atoms with Gasteiger partial charge in [-0.2, -0.15) is 13.2 Å². The van der Waals surface area contributed by atoms with E-state index < -0.39 is 43.3 Å². The second-order valence-electron chi connectivity index (χ2n) is 8.19. The smallest absolute Gasteiger partial charge is 0.389 e. The summed E-state index contributed by atoms with van der Waals surface area (Å²) in [6, 6.07) is 13.4. The van der Waals surface area contributed by atoms with Gasteiger partial charge in [0.1, 0.15) is 5.82 Å². The highest BCUT2D eigenvalue weighted by Crippen LogP contribution is 2.24. The van der Waals surface area contributed by atoms with Gasteiger partial charge >= 0.3 is 6.18 Å². The first-order valence-corrected chi connectivity index (χ1v) is 11.5. The number of aliphatic hydroxyl groups excluding tert-OH is 2. The minimum Gasteiger partial charge on any atom is -0.394 e. The largest absolute Gasteiger partial charge is 0.394 e. The molecule has 192 valence electrons. The van der Waals surface area contributed by atoms with Crippen molar-refractivity contribution in [3.63, 3.8) is 0 Å². The Morgan fingerprint density at radius 1 is 1.08 bits per heavy atom. The minimum atomic E-state index is -4.33. The van der Waals surface area contributed by atoms with Crippen LogP contribution in [0, 0.1) is 0 Å². The quantitative estimate of drug-likeness (QED) is 0.377. The zero-order valence-electron chi connectivity index (χ0n) is 19.1. The SMILES string of the molecule is O=C(NC(CO)CO)c1cccc(Cn2c(CCCC(F)(F)F)nc(-c3ccc(Cl)cc3)cc2=O)c1. The molecule has 0 aliphatic heterocycles. The van der Waals surface area contributed by atoms with Crippen molar-refractivity contribution in [2.75, 3.05) is 13.2 Å². The summed E-state index contributed by atoms with van der Waals surface area (Å²) >= 11 is 5.92. The molecule has 0 unspecified atom stereocenters. The van der Waals surface area contributed by atoms with Crippen molar-refractivity contribution >= 4 is 17.5 Å². The fourth-order valence-corrected chi connectivity index (χ4v) is 3.67. The first-order chi connectivity index (χ1) is 17.1. The maximum Gasteiger partial charge on any atom is 0.389 e. The number of aryl methyl sites for hydroxylation is 1. The fourth-order valence-electron chi connectivity index (χ4n) is 3.54. The number of halogens is 4. The van der Waals surface area contributed by atoms with Gasteiger partial charge in [0.15, 0.2) is 0 Å². The zero-order valence-corrected chi connectivity index (χ0v) is 19.9. The maximum absolute atomic E-state index is 13.0. The lowest BCUT2D eigenvalue weighted by Crippen LogP contribution is -2.40. The van der Waals surface area contributed by atoms with Crippen LogP contribution in [0.1, 0.15) is 34.6 Å². The third-order valence-electron chi connectivity index (χ3n) is 5.39. The van der Waals surface area contributed by atoms with E-state index >= 15 is 0 Å². The number of nitrogens with zero attached hydrogens (tertiary/aromatic N) is 2. The molecule has 1 aromatic heterocycles. The van der Waals surface area contributed by atoms with Gasteiger partial charge in [-0.15, -0.1) is 0 Å². The van der Waals surface area contributed by atoms with Crippen molar-refractivity contribution in [1.82, 2.24) is 14.9 Å². The number of hydrogen-bond donors (Lipinski definition) is 3. The molecule has 0 spiro atoms. The summed E-state index contributed by atoms with van der Waals surface area (Å²) in [5.41, 5.74) is 1.25. The lowest BCUT2D eigenvalue weighted by molar-refractivity contribution is -0.135. The molecule has 0 aliphatic carbocycles. The highest BCUT2D eigenvalue weighted by Gasteiger charge is 2.26. The summed E-state index contributed by atoms with van der Waals surface area (Å²) < 4.78 is 39.6. The van der Waals surface area contributed by atoms with E-state index in [2.05, 4.69) is 10.3 Å². The molecule has 3 rings (SSSR count). The third-order valence-corrected chi connectivity index (χ3v) is 5.65. The predicted molar refractivity (Wildman–Crippen MR) is 129 cm³/mol. The lowest BCUT2D eigenvalue weighted by Gasteiger charge is -2.16. The van der Waals surface area contributed by atoms with E-state index in [-0.39, 0.29) is 30.8 Å². The van der Waals surface area contributed by atoms with Gasteiger partial charge in [-0.05, 0) is 36.2 Å². The number of benzene rings is 2. The van der Waals surface area contributed by atoms with Gasteiger partial charge in [0, 0.05) is 35.1 Å². The minimum absolute atomic E-state index is 0.0152. The molecule has 7 nitrogen and oxygen atoms in total. The van der Waals surface area contributed by atoms with Gasteiger partial charge in [0.2, 0.25) is 0 Å². The molecule has 0 fully saturated rings. The number of amides is 1. The van der Waals surface area contributed by atoms with Crippen LogP contribution in [0.4, 0.5) is 13.2 Å². The van der Waals surface area contributed by atoms with Crippen molar-refractivity contribution < 1.29 is 28.2 Å². The van der Waals surface area contributed by atoms with Gasteiger partial charge in [-0.1, -0.05) is 35.9 Å². The van der Waals surface area contributed by atoms with Crippen LogP contribution in [0.5, 0.6) is 0 Å². The number of nitrogens with one attached hydrogen (secondary N) is 1. The maximum atomic E-state index is 13.0. The molecule has 0 atom stereocenters. The molecule has 1 amide bonds. The lowest BCUT2D eigenvalue weighted by atomic mass is 10.1. The molecule has 0 saturated heterocycles. The normalized spacial score (nSPS) is 11.6. The topological polar surface area (TPSA) is 104 Å². The fraction of sp³-hybridized carbons (Fsp3) is 0.320. The summed E-state index contributed by atoms with van der Waals surface area (Å²) in [6.45, 7) is -0.896. The van der Waals surface area contributed by atoms with E-state index in [1.165, 1.54) is 22.8 Å². The van der Waals surface area contributed by atoms with Crippen molar-refractivity contribution in [1.29, 1.82) is 0 Å². The van der Waals surface area contributed by atoms with Crippen LogP contribution >= 0.6 is 11.6 Å². The zero-order chi connectivity index (χ0) is 26.3. The Morgan fingerprint density at radius 3 is 2.42 bits per heavy atom. The van der Waals surface area contributed by atoms with Crippen molar-refractivity contribution in [2.45, 2.75) is 38.0 Å². The highest BCUT2D eigenvalue weighted by molar-refractivity contribution is 6.30. The Bertz CT molecular complexity index is 1240. The molecule has 2 aromatic carbocycles. The monoisotopic (exact) mass is 523 g/mol. The van der Waals surface area contributed by atoms with Crippen molar-refractivity contribution in [3.05, 3.63) is 86.9 Å². The van der Waals surface area contributed by atoms with Crippen LogP contribution in [-0.2, 0) is 13.0 Å². The molecular weight excluding hydrogens is 499 g/mol. The molecule has 0 aliphatic rings. The van der Waals surface area contributed by atoms with E-state index in [4.69, 9.17) is 11.6 Å². The first kappa shape index (κ1) is 27.4. The van der Waals surface area contributed by atoms with Crippen LogP contribution in [-0.4, -0.2) is 51.1 Å². The van der Waals surface area contributed by atoms with Crippen LogP contribution in [0.25, 0.3) is 11.3 Å². The summed E-state index contributed by atoms with van der Waals surface area (Å²) in [5, 5.41) is 21.3. The highest BCUT2D eigenvalue weighted by atomic mass is 35.5. The van der Waals surface area contributed by atoms with Gasteiger partial charge in [-0.3, -0.25) is 14.2 Å². The first-order valence-electron chi connectivity index (χ1n) is 11.1. The van der Waals surface area contributed by atoms with Gasteiger partial charge < -0.3 is 15.5 Å². The van der Waals surface area contributed by atoms with Crippen LogP contribution in [0.2, 0.25) is 5.02 Å². The van der Waals surface area contributed by atoms with Crippen molar-refractivity contribution in [3.8, 4) is 11.3 Å². The summed E-state index contributed by atoms with van der Waals surface area (Å²) in [6.07, 6.45) is -5.67. The van der Waals surface area contributed by atoms with Crippen LogP contribution in [0.15, 0.2) is 59.4 Å². The van der Waals surface area contributed by atoms with Gasteiger partial charge in [-0.25, -0.2) is 4.98 Å². The number of aliphatic hydroxyl groups is 2. The number of carbonyl (C=O) groups is 1. The number of hydrogen-bond acceptors (Lipinski definition) is 5. The Hall–Kier alpha value is -3.21. The Labute approximate surface area is 210 Å². The third kappa shape index (κ3) is 7.64. The molecule has 11 heteroatoms. The number of aromatic nitrogens is 2. The second kappa shape index (κ2) is 12.2. The molecule has 0 radical (unpaired) electrons. The molecule has 1 heterocycles. The van der Waals surface area contributed by atoms with E-state index in [0.29, 0.717) is 21.8 Å². The standard InChI is InChI=1S/C25H25ClF3N3O4/c26-19-8-6-17(7-9-19)21-12-23(35)32(22(31-21)5-2-10-25(27,28)29)13-16-3-1-4-18(11-16)24(36)30-20(14-33)15-34/h1,3-4,6-9,11-12,20,33-34H,2,5,10,13-15H2,(H,30,36). The molecule has 0 saturated carbocycles. The van der Waals surface area contributed by atoms with Crippen molar-refractivity contribution in [2.24, 2.45) is 0 Å². The average molecular weight is 524 g/mol. The van der Waals surface area contributed by atoms with E-state index in [0.717, 1.165) is 0 Å². The Kier molecular flexibility index (Phi) is 9.25. The molecule has 0 bridgehead atoms. The second-order valence-corrected chi connectivity index (χ2v) is 8.63. The van der Waals surface area contributed by atoms with E-state index in [9.17, 15) is 33.0 Å². The van der Waals surface area contributed by atoms with Crippen LogP contribution < -0.4 is 10.9 Å². The van der Waals surface area contributed by atoms with Gasteiger partial charge in [0.05, 0.1) is 31.5 Å². The number of carbonyl (C=O) groups excluding carboxylic acids is 1. The Balaban J connectivity index is 1.93. The molecule has 36 heavy (non-hydrogen) atoms. The number of alkyl halides is 3. The summed E-state index contributed by atoms with van der Waals surface area (Å²) in [4.78, 5) is 30.0. The summed E-state index contributed by atoms with van der Waals surface area (Å²) in [7, 11) is 0.